The van der Waals surface area contributed by atoms with Crippen LogP contribution >= 0.6 is 0 Å². The number of nitrogens with zero attached hydrogens (tertiary/aromatic N) is 2. The number of hydrogen-bond donors (Lipinski definition) is 0. The van der Waals surface area contributed by atoms with Crippen molar-refractivity contribution in [1.82, 2.24) is 10.1 Å². The molecule has 1 aromatic heterocycles. The molecule has 0 spiro atoms. The molecule has 0 aromatic carbocycles. The fourth-order valence-electron chi connectivity index (χ4n) is 1.31. The molecule has 0 radical (unpaired) electrons. The summed E-state index contributed by atoms with van der Waals surface area (Å²) in [5.74, 6) is 2.27. The van der Waals surface area contributed by atoms with Crippen molar-refractivity contribution in [1.29, 1.82) is 0 Å². The Balaban J connectivity index is 2.04. The summed E-state index contributed by atoms with van der Waals surface area (Å²) in [6.45, 7) is 6.54. The molecule has 1 aromatic rings. The fourth-order valence-corrected chi connectivity index (χ4v) is 1.31. The molecular formula is C10H16N2O. The van der Waals surface area contributed by atoms with Crippen LogP contribution in [0, 0.1) is 5.41 Å². The summed E-state index contributed by atoms with van der Waals surface area (Å²) in [5.41, 5.74) is 0.241. The highest BCUT2D eigenvalue weighted by Gasteiger charge is 2.30. The van der Waals surface area contributed by atoms with Gasteiger partial charge in [0, 0.05) is 12.3 Å². The second kappa shape index (κ2) is 2.82. The van der Waals surface area contributed by atoms with Gasteiger partial charge in [-0.15, -0.1) is 0 Å². The zero-order valence-corrected chi connectivity index (χ0v) is 8.50. The Hall–Kier alpha value is -0.860. The summed E-state index contributed by atoms with van der Waals surface area (Å²) in [4.78, 5) is 4.38. The van der Waals surface area contributed by atoms with E-state index in [4.69, 9.17) is 4.52 Å². The Kier molecular flexibility index (Phi) is 1.90. The Morgan fingerprint density at radius 1 is 1.38 bits per heavy atom. The monoisotopic (exact) mass is 180 g/mol. The van der Waals surface area contributed by atoms with E-state index < -0.39 is 0 Å². The van der Waals surface area contributed by atoms with Gasteiger partial charge in [-0.1, -0.05) is 25.9 Å². The molecule has 1 saturated carbocycles. The topological polar surface area (TPSA) is 38.9 Å². The average molecular weight is 180 g/mol. The van der Waals surface area contributed by atoms with E-state index in [0.717, 1.165) is 18.1 Å². The highest BCUT2D eigenvalue weighted by molar-refractivity contribution is 5.02. The summed E-state index contributed by atoms with van der Waals surface area (Å²) in [6, 6.07) is 0. The lowest BCUT2D eigenvalue weighted by atomic mass is 9.92. The summed E-state index contributed by atoms with van der Waals surface area (Å²) in [7, 11) is 0. The predicted molar refractivity (Wildman–Crippen MR) is 49.4 cm³/mol. The molecule has 3 heteroatoms. The van der Waals surface area contributed by atoms with Gasteiger partial charge in [0.25, 0.3) is 0 Å². The minimum Gasteiger partial charge on any atom is -0.339 e. The van der Waals surface area contributed by atoms with E-state index in [9.17, 15) is 0 Å². The lowest BCUT2D eigenvalue weighted by Crippen LogP contribution is -2.10. The molecule has 0 unspecified atom stereocenters. The van der Waals surface area contributed by atoms with Gasteiger partial charge in [0.1, 0.15) is 0 Å². The number of rotatable bonds is 2. The van der Waals surface area contributed by atoms with Crippen LogP contribution in [0.5, 0.6) is 0 Å². The molecule has 3 nitrogen and oxygen atoms in total. The lowest BCUT2D eigenvalue weighted by molar-refractivity contribution is 0.355. The van der Waals surface area contributed by atoms with Crippen LogP contribution in [-0.4, -0.2) is 10.1 Å². The van der Waals surface area contributed by atoms with Crippen molar-refractivity contribution in [2.24, 2.45) is 5.41 Å². The number of hydrogen-bond acceptors (Lipinski definition) is 3. The molecule has 1 aliphatic rings. The molecule has 0 N–H and O–H groups in total. The van der Waals surface area contributed by atoms with Crippen LogP contribution in [0.3, 0.4) is 0 Å². The quantitative estimate of drug-likeness (QED) is 0.702. The predicted octanol–water partition coefficient (Wildman–Crippen LogP) is 2.54. The van der Waals surface area contributed by atoms with Gasteiger partial charge >= 0.3 is 0 Å². The molecule has 0 saturated heterocycles. The first-order valence-electron chi connectivity index (χ1n) is 4.87. The smallest absolute Gasteiger partial charge is 0.229 e. The first-order chi connectivity index (χ1) is 6.04. The van der Waals surface area contributed by atoms with Gasteiger partial charge in [-0.2, -0.15) is 4.98 Å². The third-order valence-electron chi connectivity index (χ3n) is 2.10. The zero-order valence-electron chi connectivity index (χ0n) is 8.50. The maximum absolute atomic E-state index is 5.17. The summed E-state index contributed by atoms with van der Waals surface area (Å²) in [6.07, 6.45) is 3.33. The van der Waals surface area contributed by atoms with Crippen molar-refractivity contribution in [3.05, 3.63) is 11.7 Å². The molecular weight excluding hydrogens is 164 g/mol. The SMILES string of the molecule is CC(C)(C)Cc1noc(C2CC2)n1. The molecule has 2 rings (SSSR count). The van der Waals surface area contributed by atoms with Gasteiger partial charge in [0.05, 0.1) is 0 Å². The molecule has 1 aliphatic carbocycles. The second-order valence-corrected chi connectivity index (χ2v) is 5.06. The maximum Gasteiger partial charge on any atom is 0.229 e. The van der Waals surface area contributed by atoms with Crippen LogP contribution in [0.1, 0.15) is 51.2 Å². The van der Waals surface area contributed by atoms with Crippen molar-refractivity contribution in [3.63, 3.8) is 0 Å². The van der Waals surface area contributed by atoms with Crippen LogP contribution in [0.2, 0.25) is 0 Å². The fraction of sp³-hybridized carbons (Fsp3) is 0.800. The average Bonchev–Trinajstić information content (AvgIpc) is 2.72. The van der Waals surface area contributed by atoms with Gasteiger partial charge in [0.2, 0.25) is 5.89 Å². The van der Waals surface area contributed by atoms with Gasteiger partial charge < -0.3 is 4.52 Å². The van der Waals surface area contributed by atoms with Crippen molar-refractivity contribution in [3.8, 4) is 0 Å². The Bertz CT molecular complexity index is 294. The van der Waals surface area contributed by atoms with E-state index in [2.05, 4.69) is 30.9 Å². The standard InChI is InChI=1S/C10H16N2O/c1-10(2,3)6-8-11-9(13-12-8)7-4-5-7/h7H,4-6H2,1-3H3. The van der Waals surface area contributed by atoms with Crippen LogP contribution < -0.4 is 0 Å². The highest BCUT2D eigenvalue weighted by Crippen LogP contribution is 2.39. The number of aromatic nitrogens is 2. The third-order valence-corrected chi connectivity index (χ3v) is 2.10. The van der Waals surface area contributed by atoms with Crippen molar-refractivity contribution < 1.29 is 4.52 Å². The Labute approximate surface area is 78.5 Å². The normalized spacial score (nSPS) is 17.8. The minimum atomic E-state index is 0.241. The molecule has 0 atom stereocenters. The first kappa shape index (κ1) is 8.73. The van der Waals surface area contributed by atoms with E-state index in [0.29, 0.717) is 5.92 Å². The minimum absolute atomic E-state index is 0.241. The van der Waals surface area contributed by atoms with Gasteiger partial charge in [0.15, 0.2) is 5.82 Å². The van der Waals surface area contributed by atoms with E-state index in [-0.39, 0.29) is 5.41 Å². The second-order valence-electron chi connectivity index (χ2n) is 5.06. The molecule has 1 fully saturated rings. The first-order valence-corrected chi connectivity index (χ1v) is 4.87. The van der Waals surface area contributed by atoms with Crippen molar-refractivity contribution in [2.45, 2.75) is 46.0 Å². The van der Waals surface area contributed by atoms with Gasteiger partial charge in [-0.05, 0) is 18.3 Å². The van der Waals surface area contributed by atoms with Gasteiger partial charge in [-0.25, -0.2) is 0 Å². The third kappa shape index (κ3) is 2.29. The van der Waals surface area contributed by atoms with E-state index in [1.165, 1.54) is 12.8 Å². The lowest BCUT2D eigenvalue weighted by Gasteiger charge is -2.14. The van der Waals surface area contributed by atoms with Gasteiger partial charge in [-0.3, -0.25) is 0 Å². The van der Waals surface area contributed by atoms with E-state index in [1.807, 2.05) is 0 Å². The largest absolute Gasteiger partial charge is 0.339 e. The van der Waals surface area contributed by atoms with E-state index >= 15 is 0 Å². The van der Waals surface area contributed by atoms with Crippen molar-refractivity contribution in [2.75, 3.05) is 0 Å². The molecule has 0 aliphatic heterocycles. The molecule has 1 heterocycles. The highest BCUT2D eigenvalue weighted by atomic mass is 16.5. The molecule has 13 heavy (non-hydrogen) atoms. The summed E-state index contributed by atoms with van der Waals surface area (Å²) >= 11 is 0. The van der Waals surface area contributed by atoms with Crippen LogP contribution in [-0.2, 0) is 6.42 Å². The Morgan fingerprint density at radius 2 is 2.08 bits per heavy atom. The molecule has 0 amide bonds. The molecule has 0 bridgehead atoms. The Morgan fingerprint density at radius 3 is 2.62 bits per heavy atom. The van der Waals surface area contributed by atoms with Crippen LogP contribution in [0.25, 0.3) is 0 Å². The van der Waals surface area contributed by atoms with Crippen LogP contribution in [0.4, 0.5) is 0 Å². The molecule has 72 valence electrons. The summed E-state index contributed by atoms with van der Waals surface area (Å²) in [5, 5.41) is 3.98. The van der Waals surface area contributed by atoms with E-state index in [1.54, 1.807) is 0 Å². The summed E-state index contributed by atoms with van der Waals surface area (Å²) < 4.78 is 5.17. The van der Waals surface area contributed by atoms with Crippen molar-refractivity contribution >= 4 is 0 Å². The van der Waals surface area contributed by atoms with Crippen LogP contribution in [0.15, 0.2) is 4.52 Å². The zero-order chi connectivity index (χ0) is 9.47. The maximum atomic E-state index is 5.17.